The van der Waals surface area contributed by atoms with E-state index in [0.29, 0.717) is 42.9 Å². The third kappa shape index (κ3) is 15.5. The summed E-state index contributed by atoms with van der Waals surface area (Å²) in [6.45, 7) is 0.866. The highest BCUT2D eigenvalue weighted by Crippen LogP contribution is 1.97. The van der Waals surface area contributed by atoms with E-state index in [4.69, 9.17) is 25.2 Å². The number of aromatic nitrogens is 3. The van der Waals surface area contributed by atoms with Crippen molar-refractivity contribution < 1.29 is 48.4 Å². The topological polar surface area (TPSA) is 267 Å². The smallest absolute Gasteiger partial charge is 0.294 e. The van der Waals surface area contributed by atoms with E-state index in [0.717, 1.165) is 0 Å². The maximum Gasteiger partial charge on any atom is 0.294 e. The Balaban J connectivity index is 0.00000125. The molecule has 0 atom stereocenters. The number of carbonyl (C=O) groups excluding carboxylic acids is 4. The number of hydrogen-bond donors (Lipinski definition) is 3. The van der Waals surface area contributed by atoms with E-state index in [2.05, 4.69) is 25.8 Å². The Morgan fingerprint density at radius 2 is 1.23 bits per heavy atom. The highest BCUT2D eigenvalue weighted by Gasteiger charge is 2.14. The van der Waals surface area contributed by atoms with Crippen LogP contribution in [0.1, 0.15) is 31.1 Å². The summed E-state index contributed by atoms with van der Waals surface area (Å²) >= 11 is 0. The first kappa shape index (κ1) is 35.8. The first-order chi connectivity index (χ1) is 21.1. The molecule has 0 radical (unpaired) electrons. The van der Waals surface area contributed by atoms with Gasteiger partial charge >= 0.3 is 0 Å². The molecule has 0 aliphatic rings. The molecule has 0 fully saturated rings. The molecular weight excluding hydrogens is 588 g/mol. The third-order valence-electron chi connectivity index (χ3n) is 5.06. The molecule has 44 heavy (non-hydrogen) atoms. The summed E-state index contributed by atoms with van der Waals surface area (Å²) in [4.78, 5) is 71.6. The molecule has 0 spiro atoms. The van der Waals surface area contributed by atoms with Gasteiger partial charge in [0, 0.05) is 37.5 Å². The van der Waals surface area contributed by atoms with Gasteiger partial charge in [-0.2, -0.15) is 0 Å². The number of rotatable bonds is 13. The minimum absolute atomic E-state index is 0.00127. The van der Waals surface area contributed by atoms with Crippen LogP contribution < -0.4 is 30.2 Å². The van der Waals surface area contributed by atoms with E-state index in [1.807, 2.05) is 10.8 Å². The van der Waals surface area contributed by atoms with Crippen molar-refractivity contribution in [3.05, 3.63) is 116 Å². The lowest BCUT2D eigenvalue weighted by atomic mass is 10.2. The van der Waals surface area contributed by atoms with E-state index in [1.165, 1.54) is 6.20 Å². The zero-order valence-electron chi connectivity index (χ0n) is 23.0. The lowest BCUT2D eigenvalue weighted by Gasteiger charge is -2.06. The molecule has 3 N–H and O–H groups in total. The van der Waals surface area contributed by atoms with Crippen LogP contribution in [-0.2, 0) is 22.7 Å². The molecule has 0 aromatic carbocycles. The summed E-state index contributed by atoms with van der Waals surface area (Å²) in [5, 5.41) is 40.4. The molecule has 0 aliphatic carbocycles. The summed E-state index contributed by atoms with van der Waals surface area (Å²) < 4.78 is 3.56. The maximum atomic E-state index is 12.6. The predicted molar refractivity (Wildman–Crippen MR) is 144 cm³/mol. The molecule has 0 saturated carbocycles. The fraction of sp³-hybridized carbons (Fsp3) is 0.240. The van der Waals surface area contributed by atoms with E-state index in [-0.39, 0.29) is 25.0 Å². The van der Waals surface area contributed by atoms with Crippen LogP contribution in [0.15, 0.2) is 73.6 Å². The van der Waals surface area contributed by atoms with Crippen LogP contribution in [0.25, 0.3) is 0 Å². The van der Waals surface area contributed by atoms with Crippen molar-refractivity contribution in [3.8, 4) is 0 Å². The number of nitrogens with zero attached hydrogens (tertiary/aromatic N) is 5. The average molecular weight is 617 g/mol. The Hall–Kier alpha value is -6.27. The number of amides is 3. The molecule has 3 heterocycles. The number of pyridine rings is 3. The van der Waals surface area contributed by atoms with Gasteiger partial charge in [-0.15, -0.1) is 10.1 Å². The van der Waals surface area contributed by atoms with Crippen LogP contribution in [0.5, 0.6) is 0 Å². The van der Waals surface area contributed by atoms with E-state index >= 15 is 0 Å². The second kappa shape index (κ2) is 20.6. The molecule has 3 aromatic heterocycles. The van der Waals surface area contributed by atoms with Gasteiger partial charge in [-0.25, -0.2) is 9.13 Å². The summed E-state index contributed by atoms with van der Waals surface area (Å²) in [6, 6.07) is 10.1. The number of carboxylic acid groups (broad SMARTS) is 1. The van der Waals surface area contributed by atoms with Crippen LogP contribution >= 0.6 is 0 Å². The highest BCUT2D eigenvalue weighted by atomic mass is 16.9. The lowest BCUT2D eigenvalue weighted by molar-refractivity contribution is -0.757. The van der Waals surface area contributed by atoms with Crippen molar-refractivity contribution in [1.82, 2.24) is 20.9 Å². The van der Waals surface area contributed by atoms with Crippen molar-refractivity contribution in [2.45, 2.75) is 13.1 Å². The van der Waals surface area contributed by atoms with Crippen LogP contribution in [0.4, 0.5) is 0 Å². The average Bonchev–Trinajstić information content (AvgIpc) is 3.00. The Bertz CT molecular complexity index is 1390. The number of hydrogen-bond acceptors (Lipinski definition) is 12. The van der Waals surface area contributed by atoms with Gasteiger partial charge < -0.3 is 46.0 Å². The van der Waals surface area contributed by atoms with Gasteiger partial charge in [0.2, 0.25) is 0 Å². The van der Waals surface area contributed by atoms with Gasteiger partial charge in [0.05, 0.1) is 23.7 Å². The minimum atomic E-state index is -1.75. The van der Waals surface area contributed by atoms with Crippen molar-refractivity contribution in [1.29, 1.82) is 0 Å². The third-order valence-corrected chi connectivity index (χ3v) is 5.06. The molecule has 3 aromatic rings. The molecule has 3 rings (SSSR count). The van der Waals surface area contributed by atoms with E-state index in [9.17, 15) is 24.5 Å². The van der Waals surface area contributed by atoms with Crippen LogP contribution in [-0.4, -0.2) is 65.6 Å². The normalized spacial score (nSPS) is 9.45. The fourth-order valence-corrected chi connectivity index (χ4v) is 3.28. The minimum Gasteiger partial charge on any atom is -0.554 e. The second-order valence-electron chi connectivity index (χ2n) is 8.05. The molecule has 19 heteroatoms. The standard InChI is InChI=1S/C24H25N7O6.CH2O2.NO3/c32-22(19-4-1-7-25-16-19)26-8-13-29-11-2-5-20(17-29)23(33)27-9-14-30-12-3-6-21(18-30)24(34)28-10-15-37-31(35)36;2-1-3;2-1(3)4/h1-7,11-12,16-18H,8-10,13-15H2,(H-2,26,27,28,32,33,34);1H,(H,2,3);/q;;-1/p+1. The highest BCUT2D eigenvalue weighted by molar-refractivity contribution is 5.94. The van der Waals surface area contributed by atoms with E-state index in [1.54, 1.807) is 65.8 Å². The molecule has 3 amide bonds. The van der Waals surface area contributed by atoms with Gasteiger partial charge in [-0.1, -0.05) is 0 Å². The fourth-order valence-electron chi connectivity index (χ4n) is 3.28. The van der Waals surface area contributed by atoms with Gasteiger partial charge in [0.1, 0.15) is 17.7 Å². The Morgan fingerprint density at radius 1 is 0.795 bits per heavy atom. The summed E-state index contributed by atoms with van der Waals surface area (Å²) in [7, 11) is 0. The summed E-state index contributed by atoms with van der Waals surface area (Å²) in [5.41, 5.74) is 1.32. The SMILES string of the molecule is O=C(NCCO[N+](=O)[O-])c1ccc[n+](CCNC(=O)c2ccc[n+](CCNC(=O)c3cccnc3)c2)c1.O=C[O-].O=[N+]([O-])[O-]. The van der Waals surface area contributed by atoms with Gasteiger partial charge in [0.25, 0.3) is 22.8 Å². The number of nitrogens with one attached hydrogen (secondary N) is 3. The molecule has 0 saturated heterocycles. The Kier molecular flexibility index (Phi) is 16.7. The van der Waals surface area contributed by atoms with Crippen molar-refractivity contribution >= 4 is 24.2 Å². The van der Waals surface area contributed by atoms with Crippen molar-refractivity contribution in [2.75, 3.05) is 26.2 Å². The Morgan fingerprint density at radius 3 is 1.66 bits per heavy atom. The lowest BCUT2D eigenvalue weighted by Crippen LogP contribution is -2.43. The second-order valence-corrected chi connectivity index (χ2v) is 8.05. The van der Waals surface area contributed by atoms with Crippen LogP contribution in [0.3, 0.4) is 0 Å². The molecule has 0 aliphatic heterocycles. The zero-order chi connectivity index (χ0) is 32.7. The molecule has 19 nitrogen and oxygen atoms in total. The first-order valence-corrected chi connectivity index (χ1v) is 12.4. The van der Waals surface area contributed by atoms with Crippen molar-refractivity contribution in [2.24, 2.45) is 0 Å². The molecule has 234 valence electrons. The van der Waals surface area contributed by atoms with Gasteiger partial charge in [0.15, 0.2) is 37.9 Å². The molecule has 0 unspecified atom stereocenters. The summed E-state index contributed by atoms with van der Waals surface area (Å²) in [5.74, 6) is -0.865. The van der Waals surface area contributed by atoms with Gasteiger partial charge in [-0.05, 0) is 24.3 Å². The maximum absolute atomic E-state index is 12.6. The Labute approximate surface area is 248 Å². The molecule has 0 bridgehead atoms. The molecular formula is C25H28N8O11. The van der Waals surface area contributed by atoms with Crippen LogP contribution in [0, 0.1) is 25.4 Å². The quantitative estimate of drug-likeness (QED) is 0.0595. The van der Waals surface area contributed by atoms with Crippen molar-refractivity contribution in [3.63, 3.8) is 0 Å². The largest absolute Gasteiger partial charge is 0.554 e. The monoisotopic (exact) mass is 616 g/mol. The number of carbonyl (C=O) groups is 4. The van der Waals surface area contributed by atoms with Gasteiger partial charge in [-0.3, -0.25) is 19.4 Å². The zero-order valence-corrected chi connectivity index (χ0v) is 23.0. The predicted octanol–water partition coefficient (Wildman–Crippen LogP) is -2.42. The summed E-state index contributed by atoms with van der Waals surface area (Å²) in [6.07, 6.45) is 9.98. The van der Waals surface area contributed by atoms with E-state index < -0.39 is 22.6 Å². The first-order valence-electron chi connectivity index (χ1n) is 12.4. The van der Waals surface area contributed by atoms with Crippen LogP contribution in [0.2, 0.25) is 0 Å².